The minimum absolute atomic E-state index is 0.120. The van der Waals surface area contributed by atoms with E-state index in [9.17, 15) is 41.9 Å². The number of rotatable bonds is 15. The Morgan fingerprint density at radius 1 is 0.453 bits per heavy atom. The monoisotopic (exact) mass is 1480 g/mol. The molecule has 0 spiro atoms. The van der Waals surface area contributed by atoms with E-state index in [4.69, 9.17) is 16.6 Å². The number of halogens is 6. The lowest BCUT2D eigenvalue weighted by atomic mass is 10.1. The van der Waals surface area contributed by atoms with E-state index < -0.39 is 52.9 Å². The molecule has 9 aromatic rings. The molecule has 95 heavy (non-hydrogen) atoms. The summed E-state index contributed by atoms with van der Waals surface area (Å²) in [6, 6.07) is 41.4. The molecule has 10 N–H and O–H groups in total. The van der Waals surface area contributed by atoms with E-state index in [1.807, 2.05) is 4.90 Å². The fourth-order valence-electron chi connectivity index (χ4n) is 9.08. The van der Waals surface area contributed by atoms with Crippen LogP contribution >= 0.6 is 47.8 Å². The zero-order chi connectivity index (χ0) is 68.3. The van der Waals surface area contributed by atoms with Crippen molar-refractivity contribution in [3.8, 4) is 0 Å². The molecule has 0 atom stereocenters. The van der Waals surface area contributed by atoms with Crippen molar-refractivity contribution >= 4 is 135 Å². The van der Waals surface area contributed by atoms with Crippen molar-refractivity contribution in [3.05, 3.63) is 263 Å². The van der Waals surface area contributed by atoms with Crippen LogP contribution in [-0.2, 0) is 0 Å². The Hall–Kier alpha value is -10.8. The molecule has 0 saturated carbocycles. The third kappa shape index (κ3) is 19.2. The molecule has 1 saturated heterocycles. The van der Waals surface area contributed by atoms with Crippen LogP contribution in [-0.4, -0.2) is 112 Å². The van der Waals surface area contributed by atoms with Gasteiger partial charge >= 0.3 is 0 Å². The first-order valence-corrected chi connectivity index (χ1v) is 31.2. The van der Waals surface area contributed by atoms with Crippen LogP contribution in [0.3, 0.4) is 0 Å². The van der Waals surface area contributed by atoms with E-state index in [0.29, 0.717) is 34.1 Å². The fourth-order valence-corrected chi connectivity index (χ4v) is 9.78. The molecule has 0 aliphatic carbocycles. The van der Waals surface area contributed by atoms with Gasteiger partial charge in [-0.25, -0.2) is 28.1 Å². The SMILES string of the molecule is CN(C)C(=N)c1ccc(C(=O)Nc2ccccc2C(=O)Nc2ccc(Br)cn2)c(F)c1.CN=C(N)c1ccc(C(=O)Nc2ccccc2C(=O)Nc2ccc(Br)cn2)c(F)c1.N=C(c1ccc(C(=O)Nc2ccccc2C(=O)Nc2ccc(Br)cn2)c(F)c1)N1CCCCC1. The number of nitrogens with two attached hydrogens (primary N) is 1. The number of amides is 6. The van der Waals surface area contributed by atoms with Gasteiger partial charge < -0.3 is 47.4 Å². The predicted octanol–water partition coefficient (Wildman–Crippen LogP) is 13.5. The number of amidine groups is 3. The number of aromatic nitrogens is 3. The molecule has 6 amide bonds. The number of carbonyl (C=O) groups is 6. The molecule has 0 bridgehead atoms. The largest absolute Gasteiger partial charge is 0.384 e. The highest BCUT2D eigenvalue weighted by Crippen LogP contribution is 2.25. The summed E-state index contributed by atoms with van der Waals surface area (Å²) >= 11 is 9.84. The van der Waals surface area contributed by atoms with Crippen LogP contribution in [0.4, 0.5) is 47.7 Å². The number of nitrogens with zero attached hydrogens (tertiary/aromatic N) is 6. The second kappa shape index (κ2) is 33.2. The molecule has 0 unspecified atom stereocenters. The average molecular weight is 1480 g/mol. The van der Waals surface area contributed by atoms with Gasteiger partial charge in [0.05, 0.1) is 50.4 Å². The van der Waals surface area contributed by atoms with Crippen LogP contribution in [0.5, 0.6) is 0 Å². The Bertz CT molecular complexity index is 4390. The first kappa shape index (κ1) is 70.1. The van der Waals surface area contributed by atoms with E-state index in [2.05, 4.69) is 99.6 Å². The normalized spacial score (nSPS) is 11.6. The number of hydrogen-bond donors (Lipinski definition) is 9. The number of likely N-dealkylation sites (tertiary alicyclic amines) is 1. The van der Waals surface area contributed by atoms with Gasteiger partial charge in [-0.2, -0.15) is 0 Å². The highest BCUT2D eigenvalue weighted by molar-refractivity contribution is 9.11. The minimum Gasteiger partial charge on any atom is -0.384 e. The standard InChI is InChI=1S/C25H23BrFN5O2.C22H19BrFN5O2.C21H17BrFN5O2/c26-17-9-11-22(29-15-17)31-25(34)19-6-2-3-7-21(19)30-24(33)18-10-8-16(14-20(18)27)23(28)32-12-4-1-5-13-32;1-29(2)20(25)13-7-9-15(17(24)11-13)21(30)27-18-6-4-3-5-16(18)22(31)28-19-10-8-14(23)12-26-19;1-25-19(24)12-6-8-14(16(23)10-12)20(29)27-17-5-3-2-4-15(17)21(30)28-18-9-7-13(22)11-26-18/h2-3,6-11,14-15,28H,1,4-5,12-13H2,(H,30,33)(H,29,31,34);3-12,25H,1-2H3,(H,27,30)(H,26,28,31);2-11H,1H3,(H2,24,25)(H,27,29)(H,26,28,30). The van der Waals surface area contributed by atoms with Crippen LogP contribution in [0.15, 0.2) is 201 Å². The number of aliphatic imine (C=N–C) groups is 1. The van der Waals surface area contributed by atoms with Crippen molar-refractivity contribution in [2.45, 2.75) is 19.3 Å². The Morgan fingerprint density at radius 3 is 1.12 bits per heavy atom. The number of anilines is 6. The smallest absolute Gasteiger partial charge is 0.258 e. The van der Waals surface area contributed by atoms with Gasteiger partial charge in [-0.3, -0.25) is 44.6 Å². The quantitative estimate of drug-likeness (QED) is 0.0342. The summed E-state index contributed by atoms with van der Waals surface area (Å²) in [4.78, 5) is 95.7. The summed E-state index contributed by atoms with van der Waals surface area (Å²) in [5, 5.41) is 32.1. The maximum Gasteiger partial charge on any atom is 0.258 e. The van der Waals surface area contributed by atoms with E-state index >= 15 is 0 Å². The molecule has 1 fully saturated rings. The topological polar surface area (TPSA) is 306 Å². The molecule has 1 aliphatic heterocycles. The second-order valence-electron chi connectivity index (χ2n) is 20.8. The van der Waals surface area contributed by atoms with Gasteiger partial charge in [0, 0.05) is 82.9 Å². The molecule has 21 nitrogen and oxygen atoms in total. The van der Waals surface area contributed by atoms with Crippen LogP contribution in [0, 0.1) is 28.3 Å². The van der Waals surface area contributed by atoms with Crippen LogP contribution in [0.1, 0.15) is 98.1 Å². The molecule has 6 aromatic carbocycles. The molecule has 4 heterocycles. The Labute approximate surface area is 568 Å². The van der Waals surface area contributed by atoms with E-state index in [0.717, 1.165) is 57.9 Å². The first-order chi connectivity index (χ1) is 45.6. The fraction of sp³-hybridized carbons (Fsp3) is 0.118. The number of piperidine rings is 1. The number of nitrogens with one attached hydrogen (secondary N) is 8. The third-order valence-electron chi connectivity index (χ3n) is 14.0. The highest BCUT2D eigenvalue weighted by Gasteiger charge is 2.23. The third-order valence-corrected chi connectivity index (χ3v) is 15.4. The summed E-state index contributed by atoms with van der Waals surface area (Å²) in [7, 11) is 4.83. The van der Waals surface area contributed by atoms with Crippen molar-refractivity contribution in [2.75, 3.05) is 66.1 Å². The number of benzene rings is 6. The van der Waals surface area contributed by atoms with Crippen molar-refractivity contribution in [1.82, 2.24) is 24.8 Å². The predicted molar refractivity (Wildman–Crippen MR) is 371 cm³/mol. The maximum atomic E-state index is 14.8. The molecular weight excluding hydrogens is 1420 g/mol. The molecule has 1 aliphatic rings. The summed E-state index contributed by atoms with van der Waals surface area (Å²) in [5.41, 5.74) is 7.58. The van der Waals surface area contributed by atoms with Gasteiger partial charge in [-0.1, -0.05) is 54.6 Å². The first-order valence-electron chi connectivity index (χ1n) is 28.8. The van der Waals surface area contributed by atoms with E-state index in [-0.39, 0.29) is 67.9 Å². The minimum atomic E-state index is -0.761. The number of pyridine rings is 3. The Kier molecular flexibility index (Phi) is 24.5. The zero-order valence-electron chi connectivity index (χ0n) is 50.8. The molecular formula is C68H59Br3F3N15O6. The molecule has 484 valence electrons. The summed E-state index contributed by atoms with van der Waals surface area (Å²) < 4.78 is 46.1. The highest BCUT2D eigenvalue weighted by atomic mass is 79.9. The van der Waals surface area contributed by atoms with Gasteiger partial charge in [0.2, 0.25) is 0 Å². The van der Waals surface area contributed by atoms with Gasteiger partial charge in [-0.05, 0) is 176 Å². The van der Waals surface area contributed by atoms with Crippen molar-refractivity contribution < 1.29 is 41.9 Å². The lowest BCUT2D eigenvalue weighted by Gasteiger charge is -2.29. The lowest BCUT2D eigenvalue weighted by Crippen LogP contribution is -2.35. The number of para-hydroxylation sites is 3. The van der Waals surface area contributed by atoms with Gasteiger partial charge in [-0.15, -0.1) is 0 Å². The molecule has 10 rings (SSSR count). The van der Waals surface area contributed by atoms with Crippen molar-refractivity contribution in [3.63, 3.8) is 0 Å². The summed E-state index contributed by atoms with van der Waals surface area (Å²) in [6.45, 7) is 1.55. The zero-order valence-corrected chi connectivity index (χ0v) is 55.6. The summed E-state index contributed by atoms with van der Waals surface area (Å²) in [5.74, 6) is -4.15. The Balaban J connectivity index is 0.000000183. The second-order valence-corrected chi connectivity index (χ2v) is 23.5. The van der Waals surface area contributed by atoms with Gasteiger partial charge in [0.25, 0.3) is 35.4 Å². The Morgan fingerprint density at radius 2 is 0.779 bits per heavy atom. The van der Waals surface area contributed by atoms with Crippen LogP contribution in [0.25, 0.3) is 0 Å². The van der Waals surface area contributed by atoms with Gasteiger partial charge in [0.15, 0.2) is 0 Å². The molecule has 27 heteroatoms. The average Bonchev–Trinajstić information content (AvgIpc) is 0.988. The number of carbonyl (C=O) groups excluding carboxylic acids is 6. The van der Waals surface area contributed by atoms with Crippen molar-refractivity contribution in [2.24, 2.45) is 10.7 Å². The maximum absolute atomic E-state index is 14.8. The van der Waals surface area contributed by atoms with Crippen LogP contribution < -0.4 is 37.6 Å². The molecule has 3 aromatic heterocycles. The van der Waals surface area contributed by atoms with E-state index in [1.54, 1.807) is 148 Å². The number of hydrogen-bond acceptors (Lipinski definition) is 12. The summed E-state index contributed by atoms with van der Waals surface area (Å²) in [6.07, 6.45) is 7.81. The van der Waals surface area contributed by atoms with Crippen molar-refractivity contribution in [1.29, 1.82) is 10.8 Å². The molecule has 0 radical (unpaired) electrons. The lowest BCUT2D eigenvalue weighted by molar-refractivity contribution is 0.100. The van der Waals surface area contributed by atoms with Gasteiger partial charge in [0.1, 0.15) is 52.4 Å². The van der Waals surface area contributed by atoms with E-state index in [1.165, 1.54) is 48.3 Å². The van der Waals surface area contributed by atoms with Crippen LogP contribution in [0.2, 0.25) is 0 Å².